The van der Waals surface area contributed by atoms with Crippen molar-refractivity contribution >= 4 is 0 Å². The third-order valence-corrected chi connectivity index (χ3v) is 4.47. The molecule has 0 bridgehead atoms. The van der Waals surface area contributed by atoms with E-state index in [1.165, 1.54) is 32.2 Å². The Morgan fingerprint density at radius 2 is 2.00 bits per heavy atom. The van der Waals surface area contributed by atoms with Gasteiger partial charge in [-0.15, -0.1) is 0 Å². The monoisotopic (exact) mass is 240 g/mol. The zero-order valence-electron chi connectivity index (χ0n) is 11.2. The second-order valence-electron chi connectivity index (χ2n) is 5.80. The number of aliphatic hydroxyl groups is 1. The van der Waals surface area contributed by atoms with Crippen LogP contribution in [-0.2, 0) is 0 Å². The lowest BCUT2D eigenvalue weighted by Crippen LogP contribution is -2.56. The van der Waals surface area contributed by atoms with Crippen LogP contribution in [0.5, 0.6) is 0 Å². The Balaban J connectivity index is 1.86. The van der Waals surface area contributed by atoms with Gasteiger partial charge in [0.25, 0.3) is 0 Å². The summed E-state index contributed by atoms with van der Waals surface area (Å²) < 4.78 is 0. The molecule has 2 saturated heterocycles. The van der Waals surface area contributed by atoms with Gasteiger partial charge in [-0.1, -0.05) is 19.8 Å². The Morgan fingerprint density at radius 1 is 1.24 bits per heavy atom. The minimum atomic E-state index is -0.436. The molecule has 2 rings (SSSR count). The van der Waals surface area contributed by atoms with Crippen LogP contribution in [0.15, 0.2) is 0 Å². The molecular weight excluding hydrogens is 212 g/mol. The van der Waals surface area contributed by atoms with E-state index >= 15 is 0 Å². The number of hydrogen-bond donors (Lipinski definition) is 2. The average Bonchev–Trinajstić information content (AvgIpc) is 2.62. The lowest BCUT2D eigenvalue weighted by Gasteiger charge is -2.43. The fourth-order valence-electron chi connectivity index (χ4n) is 3.32. The van der Waals surface area contributed by atoms with Gasteiger partial charge in [-0.05, 0) is 45.2 Å². The summed E-state index contributed by atoms with van der Waals surface area (Å²) in [6.45, 7) is 6.65. The van der Waals surface area contributed by atoms with Gasteiger partial charge in [0.15, 0.2) is 0 Å². The first-order valence-electron chi connectivity index (χ1n) is 7.43. The highest BCUT2D eigenvalue weighted by molar-refractivity contribution is 4.96. The van der Waals surface area contributed by atoms with E-state index < -0.39 is 5.60 Å². The summed E-state index contributed by atoms with van der Waals surface area (Å²) in [5.74, 6) is 0. The molecule has 3 nitrogen and oxygen atoms in total. The lowest BCUT2D eigenvalue weighted by atomic mass is 9.82. The molecule has 2 fully saturated rings. The van der Waals surface area contributed by atoms with Gasteiger partial charge < -0.3 is 15.3 Å². The maximum Gasteiger partial charge on any atom is 0.0824 e. The minimum Gasteiger partial charge on any atom is -0.388 e. The van der Waals surface area contributed by atoms with Gasteiger partial charge in [0.2, 0.25) is 0 Å². The van der Waals surface area contributed by atoms with E-state index in [0.717, 1.165) is 38.9 Å². The summed E-state index contributed by atoms with van der Waals surface area (Å²) in [5.41, 5.74) is -0.436. The molecule has 2 aliphatic heterocycles. The van der Waals surface area contributed by atoms with Crippen LogP contribution in [0, 0.1) is 0 Å². The minimum absolute atomic E-state index is 0.341. The van der Waals surface area contributed by atoms with Crippen molar-refractivity contribution in [1.29, 1.82) is 0 Å². The van der Waals surface area contributed by atoms with Crippen LogP contribution in [0.4, 0.5) is 0 Å². The lowest BCUT2D eigenvalue weighted by molar-refractivity contribution is -0.0510. The molecule has 2 heterocycles. The molecule has 2 aliphatic rings. The van der Waals surface area contributed by atoms with Gasteiger partial charge >= 0.3 is 0 Å². The molecule has 1 atom stereocenters. The Bertz CT molecular complexity index is 216. The topological polar surface area (TPSA) is 35.5 Å². The standard InChI is InChI=1S/C14H28N2O/c1-2-10-16-11-7-14(17,8-12-16)13-6-4-3-5-9-15-13/h13,15,17H,2-12H2,1H3. The number of rotatable bonds is 3. The summed E-state index contributed by atoms with van der Waals surface area (Å²) in [5, 5.41) is 14.4. The molecule has 3 heteroatoms. The van der Waals surface area contributed by atoms with Crippen molar-refractivity contribution in [3.63, 3.8) is 0 Å². The van der Waals surface area contributed by atoms with Crippen molar-refractivity contribution in [3.8, 4) is 0 Å². The highest BCUT2D eigenvalue weighted by atomic mass is 16.3. The second-order valence-corrected chi connectivity index (χ2v) is 5.80. The molecule has 0 aliphatic carbocycles. The summed E-state index contributed by atoms with van der Waals surface area (Å²) in [6.07, 6.45) is 8.15. The van der Waals surface area contributed by atoms with E-state index in [2.05, 4.69) is 17.1 Å². The molecule has 0 amide bonds. The molecule has 0 aromatic carbocycles. The van der Waals surface area contributed by atoms with Crippen LogP contribution in [-0.4, -0.2) is 47.8 Å². The Labute approximate surface area is 106 Å². The molecular formula is C14H28N2O. The van der Waals surface area contributed by atoms with Gasteiger partial charge in [-0.3, -0.25) is 0 Å². The SMILES string of the molecule is CCCN1CCC(O)(C2CCCCCN2)CC1. The van der Waals surface area contributed by atoms with Gasteiger partial charge in [0.05, 0.1) is 5.60 Å². The normalized spacial score (nSPS) is 31.1. The van der Waals surface area contributed by atoms with Crippen molar-refractivity contribution < 1.29 is 5.11 Å². The number of piperidine rings is 1. The molecule has 1 unspecified atom stereocenters. The van der Waals surface area contributed by atoms with E-state index in [1.54, 1.807) is 0 Å². The first-order valence-corrected chi connectivity index (χ1v) is 7.43. The highest BCUT2D eigenvalue weighted by Gasteiger charge is 2.39. The van der Waals surface area contributed by atoms with Crippen molar-refractivity contribution in [2.75, 3.05) is 26.2 Å². The third kappa shape index (κ3) is 3.43. The molecule has 2 N–H and O–H groups in total. The maximum atomic E-state index is 10.8. The Kier molecular flexibility index (Phi) is 4.83. The Morgan fingerprint density at radius 3 is 2.71 bits per heavy atom. The van der Waals surface area contributed by atoms with Crippen LogP contribution in [0.3, 0.4) is 0 Å². The van der Waals surface area contributed by atoms with Crippen LogP contribution in [0.2, 0.25) is 0 Å². The van der Waals surface area contributed by atoms with E-state index in [0.29, 0.717) is 6.04 Å². The van der Waals surface area contributed by atoms with Crippen LogP contribution in [0.1, 0.15) is 51.9 Å². The smallest absolute Gasteiger partial charge is 0.0824 e. The quantitative estimate of drug-likeness (QED) is 0.789. The summed E-state index contributed by atoms with van der Waals surface area (Å²) >= 11 is 0. The van der Waals surface area contributed by atoms with Gasteiger partial charge in [-0.25, -0.2) is 0 Å². The van der Waals surface area contributed by atoms with Crippen molar-refractivity contribution in [3.05, 3.63) is 0 Å². The fraction of sp³-hybridized carbons (Fsp3) is 1.00. The highest BCUT2D eigenvalue weighted by Crippen LogP contribution is 2.29. The van der Waals surface area contributed by atoms with Crippen molar-refractivity contribution in [2.24, 2.45) is 0 Å². The number of hydrogen-bond acceptors (Lipinski definition) is 3. The zero-order chi connectivity index (χ0) is 12.1. The van der Waals surface area contributed by atoms with E-state index in [9.17, 15) is 5.11 Å². The van der Waals surface area contributed by atoms with E-state index in [1.807, 2.05) is 0 Å². The first kappa shape index (κ1) is 13.3. The molecule has 0 aromatic heterocycles. The molecule has 0 spiro atoms. The molecule has 17 heavy (non-hydrogen) atoms. The summed E-state index contributed by atoms with van der Waals surface area (Å²) in [6, 6.07) is 0.341. The molecule has 0 radical (unpaired) electrons. The first-order chi connectivity index (χ1) is 8.24. The van der Waals surface area contributed by atoms with Gasteiger partial charge in [0, 0.05) is 19.1 Å². The molecule has 0 aromatic rings. The predicted molar refractivity (Wildman–Crippen MR) is 71.2 cm³/mol. The fourth-order valence-corrected chi connectivity index (χ4v) is 3.32. The number of nitrogens with one attached hydrogen (secondary N) is 1. The maximum absolute atomic E-state index is 10.8. The molecule has 0 saturated carbocycles. The largest absolute Gasteiger partial charge is 0.388 e. The molecule has 100 valence electrons. The summed E-state index contributed by atoms with van der Waals surface area (Å²) in [4.78, 5) is 2.49. The number of likely N-dealkylation sites (tertiary alicyclic amines) is 1. The third-order valence-electron chi connectivity index (χ3n) is 4.47. The summed E-state index contributed by atoms with van der Waals surface area (Å²) in [7, 11) is 0. The Hall–Kier alpha value is -0.120. The van der Waals surface area contributed by atoms with Gasteiger partial charge in [0.1, 0.15) is 0 Å². The van der Waals surface area contributed by atoms with Crippen molar-refractivity contribution in [1.82, 2.24) is 10.2 Å². The zero-order valence-corrected chi connectivity index (χ0v) is 11.2. The second kappa shape index (κ2) is 6.17. The van der Waals surface area contributed by atoms with Crippen LogP contribution < -0.4 is 5.32 Å². The van der Waals surface area contributed by atoms with Crippen LogP contribution >= 0.6 is 0 Å². The van der Waals surface area contributed by atoms with Crippen molar-refractivity contribution in [2.45, 2.75) is 63.5 Å². The number of nitrogens with zero attached hydrogens (tertiary/aromatic N) is 1. The van der Waals surface area contributed by atoms with E-state index in [4.69, 9.17) is 0 Å². The van der Waals surface area contributed by atoms with E-state index in [-0.39, 0.29) is 0 Å². The van der Waals surface area contributed by atoms with Gasteiger partial charge in [-0.2, -0.15) is 0 Å². The predicted octanol–water partition coefficient (Wildman–Crippen LogP) is 1.76. The van der Waals surface area contributed by atoms with Crippen LogP contribution in [0.25, 0.3) is 0 Å². The average molecular weight is 240 g/mol.